The number of rotatable bonds is 4. The van der Waals surface area contributed by atoms with Gasteiger partial charge in [-0.25, -0.2) is 0 Å². The van der Waals surface area contributed by atoms with Crippen molar-refractivity contribution in [2.75, 3.05) is 6.54 Å². The summed E-state index contributed by atoms with van der Waals surface area (Å²) < 4.78 is 5.02. The van der Waals surface area contributed by atoms with E-state index in [0.29, 0.717) is 23.8 Å². The molecule has 0 aromatic carbocycles. The molecule has 1 aliphatic rings. The molecule has 1 aromatic heterocycles. The molecule has 15 heavy (non-hydrogen) atoms. The van der Waals surface area contributed by atoms with E-state index in [4.69, 9.17) is 10.3 Å². The Hall–Kier alpha value is -0.940. The standard InChI is InChI=1S/C10H18N4O/c1-7-13-10(15-14-7)4-5-12-9-3-2-8(11)6-9/h8-9,12H,2-6,11H2,1H3. The lowest BCUT2D eigenvalue weighted by Crippen LogP contribution is -2.30. The Morgan fingerprint density at radius 2 is 2.40 bits per heavy atom. The lowest BCUT2D eigenvalue weighted by Gasteiger charge is -2.10. The number of hydrogen-bond acceptors (Lipinski definition) is 5. The average molecular weight is 210 g/mol. The van der Waals surface area contributed by atoms with Gasteiger partial charge in [0.1, 0.15) is 0 Å². The number of nitrogens with one attached hydrogen (secondary N) is 1. The number of nitrogens with zero attached hydrogens (tertiary/aromatic N) is 2. The van der Waals surface area contributed by atoms with Crippen LogP contribution in [0.3, 0.4) is 0 Å². The molecule has 2 rings (SSSR count). The molecule has 3 N–H and O–H groups in total. The summed E-state index contributed by atoms with van der Waals surface area (Å²) in [5, 5.41) is 7.21. The van der Waals surface area contributed by atoms with Gasteiger partial charge in [-0.3, -0.25) is 0 Å². The molecule has 2 unspecified atom stereocenters. The Bertz CT molecular complexity index is 312. The summed E-state index contributed by atoms with van der Waals surface area (Å²) in [7, 11) is 0. The van der Waals surface area contributed by atoms with Crippen molar-refractivity contribution < 1.29 is 4.52 Å². The summed E-state index contributed by atoms with van der Waals surface area (Å²) >= 11 is 0. The van der Waals surface area contributed by atoms with Crippen LogP contribution in [0.25, 0.3) is 0 Å². The van der Waals surface area contributed by atoms with Gasteiger partial charge in [0.05, 0.1) is 0 Å². The maximum atomic E-state index is 5.83. The first-order chi connectivity index (χ1) is 7.24. The van der Waals surface area contributed by atoms with E-state index in [1.165, 1.54) is 6.42 Å². The summed E-state index contributed by atoms with van der Waals surface area (Å²) in [6.45, 7) is 2.72. The first-order valence-electron chi connectivity index (χ1n) is 5.52. The van der Waals surface area contributed by atoms with Crippen molar-refractivity contribution >= 4 is 0 Å². The minimum absolute atomic E-state index is 0.383. The van der Waals surface area contributed by atoms with Crippen LogP contribution in [-0.4, -0.2) is 28.8 Å². The zero-order valence-corrected chi connectivity index (χ0v) is 9.07. The highest BCUT2D eigenvalue weighted by molar-refractivity contribution is 4.86. The zero-order valence-electron chi connectivity index (χ0n) is 9.07. The van der Waals surface area contributed by atoms with Crippen LogP contribution in [0.5, 0.6) is 0 Å². The van der Waals surface area contributed by atoms with Crippen molar-refractivity contribution in [1.29, 1.82) is 0 Å². The third-order valence-electron chi connectivity index (χ3n) is 2.81. The molecule has 1 fully saturated rings. The van der Waals surface area contributed by atoms with Gasteiger partial charge in [0, 0.05) is 25.0 Å². The second kappa shape index (κ2) is 4.72. The Balaban J connectivity index is 1.67. The molecule has 5 nitrogen and oxygen atoms in total. The molecule has 2 atom stereocenters. The van der Waals surface area contributed by atoms with Gasteiger partial charge in [-0.05, 0) is 26.2 Å². The van der Waals surface area contributed by atoms with Crippen LogP contribution in [-0.2, 0) is 6.42 Å². The summed E-state index contributed by atoms with van der Waals surface area (Å²) in [4.78, 5) is 4.15. The molecule has 0 radical (unpaired) electrons. The van der Waals surface area contributed by atoms with Gasteiger partial charge in [0.2, 0.25) is 5.89 Å². The molecule has 1 aromatic rings. The minimum atomic E-state index is 0.383. The summed E-state index contributed by atoms with van der Waals surface area (Å²) in [5.41, 5.74) is 5.83. The predicted molar refractivity (Wildman–Crippen MR) is 56.4 cm³/mol. The largest absolute Gasteiger partial charge is 0.339 e. The lowest BCUT2D eigenvalue weighted by atomic mass is 10.2. The van der Waals surface area contributed by atoms with Gasteiger partial charge in [0.15, 0.2) is 5.82 Å². The van der Waals surface area contributed by atoms with E-state index < -0.39 is 0 Å². The fraction of sp³-hybridized carbons (Fsp3) is 0.800. The van der Waals surface area contributed by atoms with Crippen molar-refractivity contribution in [2.24, 2.45) is 5.73 Å². The van der Waals surface area contributed by atoms with E-state index in [9.17, 15) is 0 Å². The molecule has 0 amide bonds. The average Bonchev–Trinajstić information content (AvgIpc) is 2.76. The van der Waals surface area contributed by atoms with E-state index in [2.05, 4.69) is 15.5 Å². The fourth-order valence-corrected chi connectivity index (χ4v) is 2.03. The smallest absolute Gasteiger partial charge is 0.227 e. The van der Waals surface area contributed by atoms with Gasteiger partial charge in [-0.2, -0.15) is 4.98 Å². The summed E-state index contributed by atoms with van der Waals surface area (Å²) in [5.74, 6) is 1.41. The Labute approximate surface area is 89.4 Å². The topological polar surface area (TPSA) is 77.0 Å². The summed E-state index contributed by atoms with van der Waals surface area (Å²) in [6, 6.07) is 0.956. The third-order valence-corrected chi connectivity index (χ3v) is 2.81. The Morgan fingerprint density at radius 1 is 1.53 bits per heavy atom. The molecular weight excluding hydrogens is 192 g/mol. The van der Waals surface area contributed by atoms with Crippen LogP contribution >= 0.6 is 0 Å². The van der Waals surface area contributed by atoms with E-state index >= 15 is 0 Å². The monoisotopic (exact) mass is 210 g/mol. The first kappa shape index (κ1) is 10.6. The van der Waals surface area contributed by atoms with E-state index in [0.717, 1.165) is 25.8 Å². The van der Waals surface area contributed by atoms with Gasteiger partial charge in [-0.15, -0.1) is 0 Å². The molecule has 1 saturated carbocycles. The highest BCUT2D eigenvalue weighted by Crippen LogP contribution is 2.16. The molecule has 0 aliphatic heterocycles. The molecule has 0 saturated heterocycles. The number of hydrogen-bond donors (Lipinski definition) is 2. The van der Waals surface area contributed by atoms with Gasteiger partial charge < -0.3 is 15.6 Å². The molecule has 0 bridgehead atoms. The van der Waals surface area contributed by atoms with Gasteiger partial charge >= 0.3 is 0 Å². The van der Waals surface area contributed by atoms with Crippen molar-refractivity contribution in [3.8, 4) is 0 Å². The lowest BCUT2D eigenvalue weighted by molar-refractivity contribution is 0.368. The Morgan fingerprint density at radius 3 is 3.00 bits per heavy atom. The van der Waals surface area contributed by atoms with Crippen molar-refractivity contribution in [2.45, 2.75) is 44.7 Å². The second-order valence-electron chi connectivity index (χ2n) is 4.21. The van der Waals surface area contributed by atoms with Crippen LogP contribution in [0.15, 0.2) is 4.52 Å². The van der Waals surface area contributed by atoms with Gasteiger partial charge in [-0.1, -0.05) is 5.16 Å². The summed E-state index contributed by atoms with van der Waals surface area (Å²) in [6.07, 6.45) is 4.21. The fourth-order valence-electron chi connectivity index (χ4n) is 2.03. The molecule has 0 spiro atoms. The third kappa shape index (κ3) is 3.00. The number of aryl methyl sites for hydroxylation is 1. The second-order valence-corrected chi connectivity index (χ2v) is 4.21. The predicted octanol–water partition coefficient (Wildman–Crippen LogP) is 0.390. The molecule has 5 heteroatoms. The van der Waals surface area contributed by atoms with Crippen LogP contribution in [0.4, 0.5) is 0 Å². The molecule has 1 aliphatic carbocycles. The van der Waals surface area contributed by atoms with Crippen molar-refractivity contribution in [1.82, 2.24) is 15.5 Å². The van der Waals surface area contributed by atoms with E-state index in [-0.39, 0.29) is 0 Å². The maximum absolute atomic E-state index is 5.83. The highest BCUT2D eigenvalue weighted by Gasteiger charge is 2.20. The molecule has 84 valence electrons. The first-order valence-corrected chi connectivity index (χ1v) is 5.52. The highest BCUT2D eigenvalue weighted by atomic mass is 16.5. The maximum Gasteiger partial charge on any atom is 0.227 e. The van der Waals surface area contributed by atoms with Gasteiger partial charge in [0.25, 0.3) is 0 Å². The minimum Gasteiger partial charge on any atom is -0.339 e. The number of aromatic nitrogens is 2. The molecule has 1 heterocycles. The normalized spacial score (nSPS) is 26.0. The van der Waals surface area contributed by atoms with Crippen molar-refractivity contribution in [3.63, 3.8) is 0 Å². The van der Waals surface area contributed by atoms with Crippen LogP contribution in [0.1, 0.15) is 31.0 Å². The Kier molecular flexibility index (Phi) is 3.33. The zero-order chi connectivity index (χ0) is 10.7. The van der Waals surface area contributed by atoms with E-state index in [1.54, 1.807) is 0 Å². The van der Waals surface area contributed by atoms with Crippen LogP contribution in [0, 0.1) is 6.92 Å². The number of nitrogens with two attached hydrogens (primary N) is 1. The van der Waals surface area contributed by atoms with Crippen molar-refractivity contribution in [3.05, 3.63) is 11.7 Å². The van der Waals surface area contributed by atoms with E-state index in [1.807, 2.05) is 6.92 Å². The SMILES string of the molecule is Cc1noc(CCNC2CCC(N)C2)n1. The van der Waals surface area contributed by atoms with Crippen LogP contribution < -0.4 is 11.1 Å². The molecular formula is C10H18N4O. The quantitative estimate of drug-likeness (QED) is 0.751. The van der Waals surface area contributed by atoms with Crippen LogP contribution in [0.2, 0.25) is 0 Å².